The van der Waals surface area contributed by atoms with Crippen molar-refractivity contribution in [2.75, 3.05) is 66.0 Å². The normalized spacial score (nSPS) is 13.7. The number of rotatable bonds is 32. The Hall–Kier alpha value is -1.94. The molecule has 1 N–H and O–H groups in total. The summed E-state index contributed by atoms with van der Waals surface area (Å²) in [6.45, 7) is 8.31. The number of nitrogens with zero attached hydrogens (tertiary/aromatic N) is 4. The lowest BCUT2D eigenvalue weighted by Gasteiger charge is -2.21. The molecule has 2 rings (SSSR count). The van der Waals surface area contributed by atoms with Gasteiger partial charge >= 0.3 is 6.01 Å². The molecule has 1 aliphatic rings. The lowest BCUT2D eigenvalue weighted by Crippen LogP contribution is -2.30. The molecular formula is C35H64N4O5. The van der Waals surface area contributed by atoms with Crippen molar-refractivity contribution in [1.29, 1.82) is 0 Å². The van der Waals surface area contributed by atoms with Crippen LogP contribution in [0.3, 0.4) is 0 Å². The molecule has 9 heteroatoms. The van der Waals surface area contributed by atoms with Crippen molar-refractivity contribution < 1.29 is 24.1 Å². The summed E-state index contributed by atoms with van der Waals surface area (Å²) in [7, 11) is 0. The fraction of sp³-hybridized carbons (Fsp3) is 0.829. The Balaban J connectivity index is 1.42. The SMILES string of the molecule is CCCCCCCCCCCCCCCCCCOCC(COCCOCCN1C=CN(CCCO)C1)Oc1ncccn1. The molecule has 9 nitrogen and oxygen atoms in total. The summed E-state index contributed by atoms with van der Waals surface area (Å²) in [4.78, 5) is 12.8. The number of unbranched alkanes of at least 4 members (excludes halogenated alkanes) is 15. The van der Waals surface area contributed by atoms with Gasteiger partial charge in [0.2, 0.25) is 0 Å². The topological polar surface area (TPSA) is 89.4 Å². The van der Waals surface area contributed by atoms with Crippen molar-refractivity contribution in [3.05, 3.63) is 30.9 Å². The molecule has 0 bridgehead atoms. The fourth-order valence-electron chi connectivity index (χ4n) is 5.28. The van der Waals surface area contributed by atoms with Gasteiger partial charge < -0.3 is 33.9 Å². The van der Waals surface area contributed by atoms with Gasteiger partial charge in [-0.1, -0.05) is 103 Å². The highest BCUT2D eigenvalue weighted by Gasteiger charge is 2.14. The lowest BCUT2D eigenvalue weighted by molar-refractivity contribution is -0.0260. The first kappa shape index (κ1) is 38.2. The largest absolute Gasteiger partial charge is 0.455 e. The van der Waals surface area contributed by atoms with Gasteiger partial charge in [-0.05, 0) is 18.9 Å². The third kappa shape index (κ3) is 21.7. The summed E-state index contributed by atoms with van der Waals surface area (Å²) < 4.78 is 23.5. The van der Waals surface area contributed by atoms with Gasteiger partial charge in [0.15, 0.2) is 0 Å². The summed E-state index contributed by atoms with van der Waals surface area (Å²) in [5, 5.41) is 8.98. The molecule has 1 aromatic heterocycles. The number of aromatic nitrogens is 2. The summed E-state index contributed by atoms with van der Waals surface area (Å²) in [5.41, 5.74) is 0. The second kappa shape index (κ2) is 28.5. The van der Waals surface area contributed by atoms with Crippen molar-refractivity contribution in [2.24, 2.45) is 0 Å². The minimum absolute atomic E-state index is 0.226. The molecule has 0 aliphatic carbocycles. The maximum atomic E-state index is 8.98. The van der Waals surface area contributed by atoms with Crippen LogP contribution in [-0.4, -0.2) is 97.0 Å². The average molecular weight is 621 g/mol. The van der Waals surface area contributed by atoms with Crippen LogP contribution in [0.1, 0.15) is 116 Å². The van der Waals surface area contributed by atoms with E-state index in [1.54, 1.807) is 18.5 Å². The number of ether oxygens (including phenoxy) is 4. The molecule has 0 saturated heterocycles. The molecule has 0 aromatic carbocycles. The van der Waals surface area contributed by atoms with Gasteiger partial charge in [0.1, 0.15) is 6.10 Å². The Morgan fingerprint density at radius 2 is 1.16 bits per heavy atom. The van der Waals surface area contributed by atoms with Crippen molar-refractivity contribution in [3.63, 3.8) is 0 Å². The van der Waals surface area contributed by atoms with Crippen molar-refractivity contribution in [1.82, 2.24) is 19.8 Å². The number of hydrogen-bond acceptors (Lipinski definition) is 9. The van der Waals surface area contributed by atoms with E-state index in [0.29, 0.717) is 39.0 Å². The minimum Gasteiger partial charge on any atom is -0.455 e. The highest BCUT2D eigenvalue weighted by Crippen LogP contribution is 2.14. The van der Waals surface area contributed by atoms with E-state index >= 15 is 0 Å². The zero-order valence-corrected chi connectivity index (χ0v) is 27.9. The Morgan fingerprint density at radius 3 is 1.75 bits per heavy atom. The molecule has 2 heterocycles. The van der Waals surface area contributed by atoms with E-state index in [9.17, 15) is 0 Å². The maximum Gasteiger partial charge on any atom is 0.316 e. The molecule has 1 aliphatic heterocycles. The van der Waals surface area contributed by atoms with Crippen LogP contribution in [0.25, 0.3) is 0 Å². The van der Waals surface area contributed by atoms with Crippen LogP contribution in [0.5, 0.6) is 6.01 Å². The Morgan fingerprint density at radius 1 is 0.636 bits per heavy atom. The summed E-state index contributed by atoms with van der Waals surface area (Å²) in [6.07, 6.45) is 29.9. The van der Waals surface area contributed by atoms with Crippen LogP contribution < -0.4 is 4.74 Å². The van der Waals surface area contributed by atoms with Crippen molar-refractivity contribution in [3.8, 4) is 6.01 Å². The predicted molar refractivity (Wildman–Crippen MR) is 178 cm³/mol. The van der Waals surface area contributed by atoms with Crippen LogP contribution >= 0.6 is 0 Å². The average Bonchev–Trinajstić information content (AvgIpc) is 3.50. The smallest absolute Gasteiger partial charge is 0.316 e. The molecule has 1 unspecified atom stereocenters. The molecule has 0 spiro atoms. The molecule has 1 aromatic rings. The Labute approximate surface area is 268 Å². The fourth-order valence-corrected chi connectivity index (χ4v) is 5.28. The molecule has 0 fully saturated rings. The van der Waals surface area contributed by atoms with E-state index < -0.39 is 0 Å². The second-order valence-corrected chi connectivity index (χ2v) is 12.0. The molecule has 0 radical (unpaired) electrons. The molecule has 0 amide bonds. The molecule has 1 atom stereocenters. The zero-order valence-electron chi connectivity index (χ0n) is 27.9. The van der Waals surface area contributed by atoms with Gasteiger partial charge in [-0.25, -0.2) is 9.97 Å². The first-order chi connectivity index (χ1) is 21.8. The van der Waals surface area contributed by atoms with Gasteiger partial charge in [-0.3, -0.25) is 0 Å². The van der Waals surface area contributed by atoms with E-state index in [-0.39, 0.29) is 12.7 Å². The number of aliphatic hydroxyl groups is 1. The van der Waals surface area contributed by atoms with Gasteiger partial charge in [0, 0.05) is 51.1 Å². The molecule has 0 saturated carbocycles. The summed E-state index contributed by atoms with van der Waals surface area (Å²) >= 11 is 0. The second-order valence-electron chi connectivity index (χ2n) is 12.0. The first-order valence-electron chi connectivity index (χ1n) is 17.8. The first-order valence-corrected chi connectivity index (χ1v) is 17.8. The zero-order chi connectivity index (χ0) is 31.2. The Kier molecular flexibility index (Phi) is 24.8. The van der Waals surface area contributed by atoms with Crippen LogP contribution in [0, 0.1) is 0 Å². The van der Waals surface area contributed by atoms with Crippen molar-refractivity contribution in [2.45, 2.75) is 122 Å². The summed E-state index contributed by atoms with van der Waals surface area (Å²) in [5.74, 6) is 0. The predicted octanol–water partition coefficient (Wildman–Crippen LogP) is 6.96. The highest BCUT2D eigenvalue weighted by molar-refractivity contribution is 4.94. The van der Waals surface area contributed by atoms with Crippen LogP contribution in [-0.2, 0) is 14.2 Å². The minimum atomic E-state index is -0.266. The summed E-state index contributed by atoms with van der Waals surface area (Å²) in [6, 6.07) is 2.11. The van der Waals surface area contributed by atoms with Crippen LogP contribution in [0.15, 0.2) is 30.9 Å². The lowest BCUT2D eigenvalue weighted by atomic mass is 10.0. The number of hydrogen-bond donors (Lipinski definition) is 1. The van der Waals surface area contributed by atoms with Gasteiger partial charge in [0.25, 0.3) is 0 Å². The molecule has 44 heavy (non-hydrogen) atoms. The molecular weight excluding hydrogens is 556 g/mol. The highest BCUT2D eigenvalue weighted by atomic mass is 16.6. The standard InChI is InChI=1S/C35H64N4O5/c1-2-3-4-5-6-7-8-9-10-11-12-13-14-15-16-17-27-42-31-34(44-35-36-20-18-21-37-35)32-43-30-29-41-28-25-39-24-23-38(33-39)22-19-26-40/h18,20-21,23-24,34,40H,2-17,19,22,25-33H2,1H3. The number of aliphatic hydroxyl groups excluding tert-OH is 1. The van der Waals surface area contributed by atoms with E-state index in [2.05, 4.69) is 39.1 Å². The van der Waals surface area contributed by atoms with Crippen LogP contribution in [0.4, 0.5) is 0 Å². The van der Waals surface area contributed by atoms with Gasteiger partial charge in [-0.15, -0.1) is 0 Å². The van der Waals surface area contributed by atoms with E-state index in [1.807, 2.05) is 0 Å². The Bertz CT molecular complexity index is 773. The third-order valence-corrected chi connectivity index (χ3v) is 7.91. The van der Waals surface area contributed by atoms with Crippen molar-refractivity contribution >= 4 is 0 Å². The van der Waals surface area contributed by atoms with Gasteiger partial charge in [0.05, 0.1) is 39.7 Å². The quantitative estimate of drug-likeness (QED) is 0.0858. The van der Waals surface area contributed by atoms with E-state index in [4.69, 9.17) is 24.1 Å². The van der Waals surface area contributed by atoms with E-state index in [1.165, 1.54) is 96.3 Å². The monoisotopic (exact) mass is 620 g/mol. The molecule has 254 valence electrons. The van der Waals surface area contributed by atoms with E-state index in [0.717, 1.165) is 39.2 Å². The maximum absolute atomic E-state index is 8.98. The van der Waals surface area contributed by atoms with Crippen LogP contribution in [0.2, 0.25) is 0 Å². The third-order valence-electron chi connectivity index (χ3n) is 7.91. The van der Waals surface area contributed by atoms with Gasteiger partial charge in [-0.2, -0.15) is 0 Å².